The second-order valence-corrected chi connectivity index (χ2v) is 9.60. The molecule has 0 fully saturated rings. The van der Waals surface area contributed by atoms with Crippen molar-refractivity contribution in [3.63, 3.8) is 0 Å². The van der Waals surface area contributed by atoms with Crippen molar-refractivity contribution in [2.45, 2.75) is 18.1 Å². The van der Waals surface area contributed by atoms with Crippen LogP contribution in [0.5, 0.6) is 0 Å². The summed E-state index contributed by atoms with van der Waals surface area (Å²) >= 11 is 7.06. The van der Waals surface area contributed by atoms with Gasteiger partial charge in [0, 0.05) is 12.2 Å². The summed E-state index contributed by atoms with van der Waals surface area (Å²) in [5.41, 5.74) is 1.78. The highest BCUT2D eigenvalue weighted by atomic mass is 35.5. The second kappa shape index (κ2) is 7.06. The Morgan fingerprint density at radius 1 is 1.22 bits per heavy atom. The van der Waals surface area contributed by atoms with Crippen molar-refractivity contribution < 1.29 is 17.6 Å². The zero-order valence-electron chi connectivity index (χ0n) is 14.0. The van der Waals surface area contributed by atoms with Gasteiger partial charge in [0.1, 0.15) is 5.75 Å². The molecule has 0 unspecified atom stereocenters. The normalized spacial score (nSPS) is 14.2. The number of sulfone groups is 1. The van der Waals surface area contributed by atoms with Gasteiger partial charge in [0.2, 0.25) is 15.7 Å². The van der Waals surface area contributed by atoms with Gasteiger partial charge in [0.05, 0.1) is 9.21 Å². The third-order valence-electron chi connectivity index (χ3n) is 4.18. The Morgan fingerprint density at radius 3 is 2.81 bits per heavy atom. The number of aromatic nitrogens is 2. The van der Waals surface area contributed by atoms with Gasteiger partial charge in [0.25, 0.3) is 5.89 Å². The van der Waals surface area contributed by atoms with Gasteiger partial charge in [-0.15, -0.1) is 16.4 Å². The van der Waals surface area contributed by atoms with E-state index in [0.717, 1.165) is 24.1 Å². The van der Waals surface area contributed by atoms with Gasteiger partial charge in [-0.3, -0.25) is 4.79 Å². The van der Waals surface area contributed by atoms with E-state index in [1.165, 1.54) is 16.2 Å². The highest BCUT2D eigenvalue weighted by molar-refractivity contribution is 7.91. The van der Waals surface area contributed by atoms with Crippen LogP contribution in [0, 0.1) is 0 Å². The minimum Gasteiger partial charge on any atom is -0.407 e. The fourth-order valence-corrected chi connectivity index (χ4v) is 4.90. The monoisotopic (exact) mass is 423 g/mol. The molecule has 1 aliphatic heterocycles. The van der Waals surface area contributed by atoms with Crippen molar-refractivity contribution in [3.05, 3.63) is 46.3 Å². The van der Waals surface area contributed by atoms with E-state index in [1.54, 1.807) is 12.1 Å². The van der Waals surface area contributed by atoms with Crippen molar-refractivity contribution in [1.29, 1.82) is 0 Å². The van der Waals surface area contributed by atoms with Gasteiger partial charge < -0.3 is 9.32 Å². The second-order valence-electron chi connectivity index (χ2n) is 6.01. The standard InChI is InChI=1S/C17H14ClN3O4S2/c18-14-8-7-13(26-14)16-19-20-17(25-16)27(23,24)10-15(22)21-9-3-5-11-4-1-2-6-12(11)21/h1-2,4,6-8H,3,5,9-10H2. The lowest BCUT2D eigenvalue weighted by Gasteiger charge is -2.29. The number of aryl methyl sites for hydroxylation is 1. The number of carbonyl (C=O) groups is 1. The van der Waals surface area contributed by atoms with Gasteiger partial charge in [-0.25, -0.2) is 8.42 Å². The first-order chi connectivity index (χ1) is 12.9. The Morgan fingerprint density at radius 2 is 2.04 bits per heavy atom. The van der Waals surface area contributed by atoms with E-state index in [1.807, 2.05) is 24.3 Å². The molecule has 0 spiro atoms. The number of halogens is 1. The molecule has 0 radical (unpaired) electrons. The van der Waals surface area contributed by atoms with Gasteiger partial charge in [0.15, 0.2) is 0 Å². The summed E-state index contributed by atoms with van der Waals surface area (Å²) in [6.07, 6.45) is 1.65. The summed E-state index contributed by atoms with van der Waals surface area (Å²) in [7, 11) is -4.05. The number of benzene rings is 1. The number of hydrogen-bond donors (Lipinski definition) is 0. The lowest BCUT2D eigenvalue weighted by Crippen LogP contribution is -2.39. The van der Waals surface area contributed by atoms with Gasteiger partial charge >= 0.3 is 5.22 Å². The fraction of sp³-hybridized carbons (Fsp3) is 0.235. The zero-order chi connectivity index (χ0) is 19.0. The molecule has 140 valence electrons. The summed E-state index contributed by atoms with van der Waals surface area (Å²) < 4.78 is 31.0. The molecule has 27 heavy (non-hydrogen) atoms. The van der Waals surface area contributed by atoms with E-state index in [4.69, 9.17) is 16.0 Å². The number of amides is 1. The Hall–Kier alpha value is -2.23. The van der Waals surface area contributed by atoms with Gasteiger partial charge in [-0.1, -0.05) is 34.9 Å². The Bertz CT molecular complexity index is 1110. The zero-order valence-corrected chi connectivity index (χ0v) is 16.4. The first-order valence-corrected chi connectivity index (χ1v) is 11.0. The highest BCUT2D eigenvalue weighted by Gasteiger charge is 2.31. The number of anilines is 1. The number of thiophene rings is 1. The quantitative estimate of drug-likeness (QED) is 0.639. The van der Waals surface area contributed by atoms with E-state index >= 15 is 0 Å². The maximum atomic E-state index is 12.7. The van der Waals surface area contributed by atoms with Crippen molar-refractivity contribution in [3.8, 4) is 10.8 Å². The number of rotatable bonds is 4. The molecule has 3 heterocycles. The van der Waals surface area contributed by atoms with E-state index in [9.17, 15) is 13.2 Å². The SMILES string of the molecule is O=C(CS(=O)(=O)c1nnc(-c2ccc(Cl)s2)o1)N1CCCc2ccccc21. The average molecular weight is 424 g/mol. The largest absolute Gasteiger partial charge is 0.407 e. The van der Waals surface area contributed by atoms with Crippen LogP contribution in [0.15, 0.2) is 46.0 Å². The van der Waals surface area contributed by atoms with Crippen LogP contribution in [0.4, 0.5) is 5.69 Å². The summed E-state index contributed by atoms with van der Waals surface area (Å²) in [4.78, 5) is 14.7. The summed E-state index contributed by atoms with van der Waals surface area (Å²) in [5.74, 6) is -1.18. The molecule has 3 aromatic rings. The molecular weight excluding hydrogens is 410 g/mol. The van der Waals surface area contributed by atoms with Crippen LogP contribution in [-0.2, 0) is 21.1 Å². The molecule has 0 aliphatic carbocycles. The molecule has 0 bridgehead atoms. The molecule has 7 nitrogen and oxygen atoms in total. The Balaban J connectivity index is 1.56. The summed E-state index contributed by atoms with van der Waals surface area (Å²) in [5, 5.41) is 6.79. The number of nitrogens with zero attached hydrogens (tertiary/aromatic N) is 3. The van der Waals surface area contributed by atoms with Crippen LogP contribution >= 0.6 is 22.9 Å². The van der Waals surface area contributed by atoms with Crippen LogP contribution in [0.25, 0.3) is 10.8 Å². The Labute approximate surface area is 164 Å². The van der Waals surface area contributed by atoms with Crippen molar-refractivity contribution in [1.82, 2.24) is 10.2 Å². The maximum absolute atomic E-state index is 12.7. The first-order valence-electron chi connectivity index (χ1n) is 8.14. The number of hydrogen-bond acceptors (Lipinski definition) is 7. The molecule has 2 aromatic heterocycles. The summed E-state index contributed by atoms with van der Waals surface area (Å²) in [6, 6.07) is 10.8. The van der Waals surface area contributed by atoms with Crippen molar-refractivity contribution in [2.24, 2.45) is 0 Å². The maximum Gasteiger partial charge on any atom is 0.336 e. The van der Waals surface area contributed by atoms with E-state index in [0.29, 0.717) is 15.8 Å². The Kier molecular flexibility index (Phi) is 4.75. The molecule has 0 saturated heterocycles. The number of fused-ring (bicyclic) bond motifs is 1. The number of carbonyl (C=O) groups excluding carboxylic acids is 1. The molecule has 1 aromatic carbocycles. The topological polar surface area (TPSA) is 93.4 Å². The van der Waals surface area contributed by atoms with Crippen LogP contribution in [0.1, 0.15) is 12.0 Å². The van der Waals surface area contributed by atoms with E-state index in [-0.39, 0.29) is 5.89 Å². The summed E-state index contributed by atoms with van der Waals surface area (Å²) in [6.45, 7) is 0.480. The lowest BCUT2D eigenvalue weighted by molar-refractivity contribution is -0.116. The van der Waals surface area contributed by atoms with Crippen LogP contribution in [0.2, 0.25) is 4.34 Å². The third kappa shape index (κ3) is 3.62. The predicted molar refractivity (Wildman–Crippen MR) is 102 cm³/mol. The molecule has 0 N–H and O–H groups in total. The molecule has 0 saturated carbocycles. The van der Waals surface area contributed by atoms with E-state index < -0.39 is 26.7 Å². The van der Waals surface area contributed by atoms with Crippen molar-refractivity contribution >= 4 is 44.4 Å². The highest BCUT2D eigenvalue weighted by Crippen LogP contribution is 2.31. The van der Waals surface area contributed by atoms with Crippen LogP contribution in [-0.4, -0.2) is 36.8 Å². The molecule has 1 aliphatic rings. The van der Waals surface area contributed by atoms with Crippen LogP contribution in [0.3, 0.4) is 0 Å². The first kappa shape index (κ1) is 18.1. The molecule has 0 atom stereocenters. The lowest BCUT2D eigenvalue weighted by atomic mass is 10.0. The van der Waals surface area contributed by atoms with Gasteiger partial charge in [-0.2, -0.15) is 0 Å². The van der Waals surface area contributed by atoms with Crippen molar-refractivity contribution in [2.75, 3.05) is 17.2 Å². The van der Waals surface area contributed by atoms with E-state index in [2.05, 4.69) is 10.2 Å². The van der Waals surface area contributed by atoms with Gasteiger partial charge in [-0.05, 0) is 36.6 Å². The third-order valence-corrected chi connectivity index (χ3v) is 6.72. The molecule has 10 heteroatoms. The molecular formula is C17H14ClN3O4S2. The number of para-hydroxylation sites is 1. The average Bonchev–Trinajstić information content (AvgIpc) is 3.30. The minimum absolute atomic E-state index is 0.0567. The minimum atomic E-state index is -4.05. The smallest absolute Gasteiger partial charge is 0.336 e. The van der Waals surface area contributed by atoms with Crippen LogP contribution < -0.4 is 4.90 Å². The fourth-order valence-electron chi connectivity index (χ4n) is 2.96. The molecule has 1 amide bonds. The molecule has 4 rings (SSSR count). The predicted octanol–water partition coefficient (Wildman–Crippen LogP) is 3.20.